The lowest BCUT2D eigenvalue weighted by Gasteiger charge is -2.13. The van der Waals surface area contributed by atoms with Crippen molar-refractivity contribution in [1.29, 1.82) is 0 Å². The summed E-state index contributed by atoms with van der Waals surface area (Å²) in [6, 6.07) is 12.6. The molecule has 0 radical (unpaired) electrons. The number of hydrogen-bond donors (Lipinski definition) is 2. The van der Waals surface area contributed by atoms with E-state index in [1.807, 2.05) is 24.3 Å². The van der Waals surface area contributed by atoms with Crippen molar-refractivity contribution in [3.05, 3.63) is 58.1 Å². The average molecular weight is 391 g/mol. The van der Waals surface area contributed by atoms with Crippen LogP contribution >= 0.6 is 15.9 Å². The number of aromatic hydroxyl groups is 1. The van der Waals surface area contributed by atoms with E-state index in [9.17, 15) is 9.90 Å². The van der Waals surface area contributed by atoms with Crippen LogP contribution in [0.25, 0.3) is 0 Å². The largest absolute Gasteiger partial charge is 0.507 e. The summed E-state index contributed by atoms with van der Waals surface area (Å²) in [6.45, 7) is 3.72. The fourth-order valence-corrected chi connectivity index (χ4v) is 2.33. The normalized spacial score (nSPS) is 12.1. The summed E-state index contributed by atoms with van der Waals surface area (Å²) in [4.78, 5) is 12.0. The third kappa shape index (κ3) is 5.09. The van der Waals surface area contributed by atoms with Gasteiger partial charge in [0.2, 0.25) is 0 Å². The third-order valence-electron chi connectivity index (χ3n) is 3.38. The van der Waals surface area contributed by atoms with Crippen molar-refractivity contribution in [2.75, 3.05) is 0 Å². The molecular weight excluding hydrogens is 372 g/mol. The van der Waals surface area contributed by atoms with Gasteiger partial charge in [-0.25, -0.2) is 5.43 Å². The molecule has 1 atom stereocenters. The molecule has 2 N–H and O–H groups in total. The number of ether oxygens (including phenoxy) is 1. The summed E-state index contributed by atoms with van der Waals surface area (Å²) in [5.74, 6) is 0.334. The van der Waals surface area contributed by atoms with Crippen molar-refractivity contribution in [3.63, 3.8) is 0 Å². The zero-order valence-corrected chi connectivity index (χ0v) is 15.1. The van der Waals surface area contributed by atoms with Crippen LogP contribution in [0.2, 0.25) is 0 Å². The van der Waals surface area contributed by atoms with Crippen LogP contribution in [0.5, 0.6) is 11.5 Å². The molecular formula is C18H19BrN2O3. The Kier molecular flexibility index (Phi) is 6.37. The predicted octanol–water partition coefficient (Wildman–Crippen LogP) is 3.63. The molecule has 1 amide bonds. The zero-order valence-electron chi connectivity index (χ0n) is 13.5. The van der Waals surface area contributed by atoms with Gasteiger partial charge in [-0.3, -0.25) is 4.79 Å². The van der Waals surface area contributed by atoms with E-state index in [1.165, 1.54) is 11.8 Å². The fraction of sp³-hybridized carbons (Fsp3) is 0.222. The van der Waals surface area contributed by atoms with E-state index < -0.39 is 6.10 Å². The first-order valence-electron chi connectivity index (χ1n) is 7.56. The molecule has 0 heterocycles. The van der Waals surface area contributed by atoms with E-state index in [1.54, 1.807) is 25.1 Å². The van der Waals surface area contributed by atoms with Gasteiger partial charge >= 0.3 is 0 Å². The third-order valence-corrected chi connectivity index (χ3v) is 3.87. The predicted molar refractivity (Wildman–Crippen MR) is 97.5 cm³/mol. The Hall–Kier alpha value is -2.34. The van der Waals surface area contributed by atoms with Gasteiger partial charge in [0, 0.05) is 10.0 Å². The molecule has 126 valence electrons. The number of hydrogen-bond acceptors (Lipinski definition) is 4. The number of rotatable bonds is 6. The second-order valence-corrected chi connectivity index (χ2v) is 6.11. The molecule has 0 saturated carbocycles. The number of carbonyl (C=O) groups excluding carboxylic acids is 1. The van der Waals surface area contributed by atoms with Gasteiger partial charge in [-0.1, -0.05) is 35.0 Å². The summed E-state index contributed by atoms with van der Waals surface area (Å²) in [5, 5.41) is 13.5. The number of hydrazone groups is 1. The monoisotopic (exact) mass is 390 g/mol. The Morgan fingerprint density at radius 1 is 1.33 bits per heavy atom. The second-order valence-electron chi connectivity index (χ2n) is 5.19. The van der Waals surface area contributed by atoms with Gasteiger partial charge in [-0.2, -0.15) is 5.10 Å². The molecule has 0 aromatic heterocycles. The van der Waals surface area contributed by atoms with Gasteiger partial charge in [0.1, 0.15) is 11.5 Å². The fourth-order valence-electron chi connectivity index (χ4n) is 1.95. The van der Waals surface area contributed by atoms with Gasteiger partial charge in [-0.05, 0) is 49.2 Å². The number of carbonyl (C=O) groups is 1. The summed E-state index contributed by atoms with van der Waals surface area (Å²) in [7, 11) is 0. The summed E-state index contributed by atoms with van der Waals surface area (Å²) >= 11 is 3.31. The number of phenolic OH excluding ortho intramolecular Hbond substituents is 1. The molecule has 0 aliphatic rings. The molecule has 0 aliphatic carbocycles. The highest BCUT2D eigenvalue weighted by Gasteiger charge is 2.13. The molecule has 0 aliphatic heterocycles. The Morgan fingerprint density at radius 3 is 2.71 bits per heavy atom. The number of amides is 1. The molecule has 2 aromatic carbocycles. The maximum atomic E-state index is 12.0. The van der Waals surface area contributed by atoms with Crippen LogP contribution in [0.1, 0.15) is 25.0 Å². The SMILES string of the molecule is CCc1ccc(OC(C)C(=O)N/N=C/c2cc(Br)ccc2O)cc1. The smallest absolute Gasteiger partial charge is 0.280 e. The molecule has 0 bridgehead atoms. The van der Waals surface area contributed by atoms with E-state index in [0.717, 1.165) is 10.9 Å². The van der Waals surface area contributed by atoms with Crippen LogP contribution in [0.4, 0.5) is 0 Å². The van der Waals surface area contributed by atoms with Crippen molar-refractivity contribution < 1.29 is 14.6 Å². The van der Waals surface area contributed by atoms with Gasteiger partial charge < -0.3 is 9.84 Å². The quantitative estimate of drug-likeness (QED) is 0.584. The second kappa shape index (κ2) is 8.49. The van der Waals surface area contributed by atoms with E-state index in [4.69, 9.17) is 4.74 Å². The number of aryl methyl sites for hydroxylation is 1. The van der Waals surface area contributed by atoms with E-state index in [0.29, 0.717) is 11.3 Å². The standard InChI is InChI=1S/C18H19BrN2O3/c1-3-13-4-7-16(8-5-13)24-12(2)18(23)21-20-11-14-10-15(19)6-9-17(14)22/h4-12,22H,3H2,1-2H3,(H,21,23)/b20-11+. The van der Waals surface area contributed by atoms with Gasteiger partial charge in [0.25, 0.3) is 5.91 Å². The maximum absolute atomic E-state index is 12.0. The molecule has 5 nitrogen and oxygen atoms in total. The minimum Gasteiger partial charge on any atom is -0.507 e. The van der Waals surface area contributed by atoms with Crippen LogP contribution in [0.3, 0.4) is 0 Å². The van der Waals surface area contributed by atoms with E-state index in [-0.39, 0.29) is 11.7 Å². The van der Waals surface area contributed by atoms with Crippen molar-refractivity contribution in [2.24, 2.45) is 5.10 Å². The molecule has 0 fully saturated rings. The first-order valence-corrected chi connectivity index (χ1v) is 8.36. The topological polar surface area (TPSA) is 70.9 Å². The highest BCUT2D eigenvalue weighted by molar-refractivity contribution is 9.10. The zero-order chi connectivity index (χ0) is 17.5. The van der Waals surface area contributed by atoms with Crippen LogP contribution in [-0.4, -0.2) is 23.3 Å². The summed E-state index contributed by atoms with van der Waals surface area (Å²) < 4.78 is 6.38. The average Bonchev–Trinajstić information content (AvgIpc) is 2.58. The van der Waals surface area contributed by atoms with Crippen LogP contribution in [0, 0.1) is 0 Å². The first kappa shape index (κ1) is 18.0. The van der Waals surface area contributed by atoms with E-state index >= 15 is 0 Å². The van der Waals surface area contributed by atoms with Crippen LogP contribution in [-0.2, 0) is 11.2 Å². The molecule has 24 heavy (non-hydrogen) atoms. The first-order chi connectivity index (χ1) is 11.5. The number of nitrogens with zero attached hydrogens (tertiary/aromatic N) is 1. The highest BCUT2D eigenvalue weighted by atomic mass is 79.9. The molecule has 1 unspecified atom stereocenters. The van der Waals surface area contributed by atoms with Crippen molar-refractivity contribution in [2.45, 2.75) is 26.4 Å². The van der Waals surface area contributed by atoms with Crippen molar-refractivity contribution >= 4 is 28.1 Å². The van der Waals surface area contributed by atoms with Crippen molar-refractivity contribution in [3.8, 4) is 11.5 Å². The lowest BCUT2D eigenvalue weighted by Crippen LogP contribution is -2.33. The lowest BCUT2D eigenvalue weighted by atomic mass is 10.2. The number of benzene rings is 2. The summed E-state index contributed by atoms with van der Waals surface area (Å²) in [6.07, 6.45) is 1.64. The molecule has 6 heteroatoms. The summed E-state index contributed by atoms with van der Waals surface area (Å²) in [5.41, 5.74) is 4.10. The molecule has 0 spiro atoms. The number of halogens is 1. The molecule has 2 aromatic rings. The highest BCUT2D eigenvalue weighted by Crippen LogP contribution is 2.20. The van der Waals surface area contributed by atoms with Crippen molar-refractivity contribution in [1.82, 2.24) is 5.43 Å². The molecule has 2 rings (SSSR count). The van der Waals surface area contributed by atoms with E-state index in [2.05, 4.69) is 33.4 Å². The lowest BCUT2D eigenvalue weighted by molar-refractivity contribution is -0.127. The number of phenols is 1. The minimum atomic E-state index is -0.689. The molecule has 0 saturated heterocycles. The Bertz CT molecular complexity index is 730. The maximum Gasteiger partial charge on any atom is 0.280 e. The minimum absolute atomic E-state index is 0.0801. The van der Waals surface area contributed by atoms with Crippen LogP contribution < -0.4 is 10.2 Å². The van der Waals surface area contributed by atoms with Gasteiger partial charge in [0.05, 0.1) is 6.21 Å². The Morgan fingerprint density at radius 2 is 2.04 bits per heavy atom. The number of nitrogens with one attached hydrogen (secondary N) is 1. The van der Waals surface area contributed by atoms with Crippen LogP contribution in [0.15, 0.2) is 52.0 Å². The van der Waals surface area contributed by atoms with Gasteiger partial charge in [0.15, 0.2) is 6.10 Å². The van der Waals surface area contributed by atoms with Gasteiger partial charge in [-0.15, -0.1) is 0 Å². The Balaban J connectivity index is 1.91. The Labute approximate surface area is 149 Å².